The fourth-order valence-corrected chi connectivity index (χ4v) is 9.00. The molecule has 0 aromatic carbocycles. The summed E-state index contributed by atoms with van der Waals surface area (Å²) in [5.74, 6) is -0.260. The Labute approximate surface area is 435 Å². The van der Waals surface area contributed by atoms with Crippen LogP contribution >= 0.6 is 0 Å². The van der Waals surface area contributed by atoms with Crippen molar-refractivity contribution in [3.05, 3.63) is 60.8 Å². The minimum atomic E-state index is -1.79. The highest BCUT2D eigenvalue weighted by atomic mass is 16.7. The van der Waals surface area contributed by atoms with Crippen molar-refractivity contribution in [1.82, 2.24) is 5.32 Å². The van der Waals surface area contributed by atoms with E-state index in [9.17, 15) is 45.6 Å². The number of rotatable bonds is 44. The summed E-state index contributed by atoms with van der Waals surface area (Å²) in [6, 6.07) is -0.942. The van der Waals surface area contributed by atoms with Crippen LogP contribution in [0.2, 0.25) is 0 Å². The summed E-state index contributed by atoms with van der Waals surface area (Å²) in [6.45, 7) is 2.74. The van der Waals surface area contributed by atoms with Gasteiger partial charge in [-0.2, -0.15) is 0 Å². The summed E-state index contributed by atoms with van der Waals surface area (Å²) in [6.07, 6.45) is 38.2. The quantitative estimate of drug-likeness (QED) is 0.0205. The van der Waals surface area contributed by atoms with Crippen molar-refractivity contribution in [2.75, 3.05) is 19.8 Å². The zero-order valence-corrected chi connectivity index (χ0v) is 44.7. The summed E-state index contributed by atoms with van der Waals surface area (Å²) in [7, 11) is 0. The predicted octanol–water partition coefficient (Wildman–Crippen LogP) is 9.00. The number of aliphatic hydroxyl groups is 8. The van der Waals surface area contributed by atoms with E-state index >= 15 is 0 Å². The lowest BCUT2D eigenvalue weighted by Gasteiger charge is -2.46. The van der Waals surface area contributed by atoms with Gasteiger partial charge in [-0.15, -0.1) is 0 Å². The highest BCUT2D eigenvalue weighted by Crippen LogP contribution is 2.30. The zero-order chi connectivity index (χ0) is 52.4. The van der Waals surface area contributed by atoms with Crippen LogP contribution in [0.15, 0.2) is 60.8 Å². The molecule has 0 radical (unpaired) electrons. The Morgan fingerprint density at radius 3 is 1.44 bits per heavy atom. The first-order valence-corrected chi connectivity index (χ1v) is 28.5. The van der Waals surface area contributed by atoms with Gasteiger partial charge in [0, 0.05) is 6.42 Å². The van der Waals surface area contributed by atoms with Gasteiger partial charge in [0.25, 0.3) is 0 Å². The first-order chi connectivity index (χ1) is 35.1. The third-order valence-corrected chi connectivity index (χ3v) is 13.7. The summed E-state index contributed by atoms with van der Waals surface area (Å²) in [5.41, 5.74) is 0. The number of amides is 1. The Morgan fingerprint density at radius 2 is 0.931 bits per heavy atom. The van der Waals surface area contributed by atoms with Crippen molar-refractivity contribution in [3.8, 4) is 0 Å². The highest BCUT2D eigenvalue weighted by Gasteiger charge is 2.51. The van der Waals surface area contributed by atoms with Gasteiger partial charge in [-0.25, -0.2) is 0 Å². The lowest BCUT2D eigenvalue weighted by Crippen LogP contribution is -2.65. The van der Waals surface area contributed by atoms with Crippen LogP contribution < -0.4 is 5.32 Å². The van der Waals surface area contributed by atoms with Crippen LogP contribution in [-0.4, -0.2) is 140 Å². The molecule has 0 aromatic rings. The van der Waals surface area contributed by atoms with Crippen molar-refractivity contribution in [2.45, 2.75) is 280 Å². The second kappa shape index (κ2) is 43.9. The fourth-order valence-electron chi connectivity index (χ4n) is 9.00. The molecule has 72 heavy (non-hydrogen) atoms. The zero-order valence-electron chi connectivity index (χ0n) is 44.7. The maximum atomic E-state index is 13.2. The summed E-state index contributed by atoms with van der Waals surface area (Å²) < 4.78 is 22.7. The molecule has 14 nitrogen and oxygen atoms in total. The van der Waals surface area contributed by atoms with Crippen LogP contribution in [0.5, 0.6) is 0 Å². The lowest BCUT2D eigenvalue weighted by molar-refractivity contribution is -0.359. The molecule has 0 saturated carbocycles. The van der Waals surface area contributed by atoms with Crippen molar-refractivity contribution >= 4 is 5.91 Å². The van der Waals surface area contributed by atoms with E-state index < -0.39 is 86.8 Å². The molecule has 14 heteroatoms. The standard InChI is InChI=1S/C58H103NO13/c1-3-5-7-9-11-13-15-17-19-21-22-23-24-26-28-30-32-34-36-38-40-42-50(63)59-46(47(62)41-39-37-35-33-31-29-27-25-20-18-16-14-12-10-8-6-4-2)45-69-57-55(68)53(66)56(49(44-61)71-57)72-58-54(67)52(65)51(64)48(43-60)70-58/h15,17,20-22,25,31,33,39,41,46-49,51-58,60-62,64-68H,3-14,16,18-19,23-24,26-30,32,34-38,40,42-45H2,1-2H3,(H,59,63)/b17-15-,22-21-,25-20+,33-31+,41-39+. The normalized spacial score (nSPS) is 26.0. The maximum Gasteiger partial charge on any atom is 0.220 e. The van der Waals surface area contributed by atoms with E-state index in [1.807, 2.05) is 6.08 Å². The Bertz CT molecular complexity index is 1440. The third-order valence-electron chi connectivity index (χ3n) is 13.7. The molecule has 0 bridgehead atoms. The molecule has 2 heterocycles. The third kappa shape index (κ3) is 29.7. The Morgan fingerprint density at radius 1 is 0.500 bits per heavy atom. The fraction of sp³-hybridized carbons (Fsp3) is 0.810. The molecule has 418 valence electrons. The van der Waals surface area contributed by atoms with E-state index in [0.29, 0.717) is 12.8 Å². The number of nitrogens with one attached hydrogen (secondary N) is 1. The minimum Gasteiger partial charge on any atom is -0.394 e. The summed E-state index contributed by atoms with van der Waals surface area (Å²) in [5, 5.41) is 86.9. The molecule has 12 atom stereocenters. The molecule has 2 rings (SSSR count). The van der Waals surface area contributed by atoms with Crippen molar-refractivity contribution in [1.29, 1.82) is 0 Å². The molecule has 0 aromatic heterocycles. The summed E-state index contributed by atoms with van der Waals surface area (Å²) in [4.78, 5) is 13.2. The Kier molecular flexibility index (Phi) is 40.1. The van der Waals surface area contributed by atoms with Gasteiger partial charge >= 0.3 is 0 Å². The second-order valence-electron chi connectivity index (χ2n) is 20.0. The van der Waals surface area contributed by atoms with Crippen molar-refractivity contribution in [2.24, 2.45) is 0 Å². The number of ether oxygens (including phenoxy) is 4. The van der Waals surface area contributed by atoms with Crippen LogP contribution in [0.3, 0.4) is 0 Å². The van der Waals surface area contributed by atoms with Gasteiger partial charge in [-0.05, 0) is 77.0 Å². The monoisotopic (exact) mass is 1020 g/mol. The van der Waals surface area contributed by atoms with Crippen LogP contribution in [0, 0.1) is 0 Å². The lowest BCUT2D eigenvalue weighted by atomic mass is 9.97. The number of carbonyl (C=O) groups excluding carboxylic acids is 1. The number of hydrogen-bond donors (Lipinski definition) is 9. The van der Waals surface area contributed by atoms with E-state index in [-0.39, 0.29) is 18.9 Å². The van der Waals surface area contributed by atoms with E-state index in [1.54, 1.807) is 6.08 Å². The number of allylic oxidation sites excluding steroid dienone is 9. The smallest absolute Gasteiger partial charge is 0.220 e. The number of aliphatic hydroxyl groups excluding tert-OH is 8. The maximum absolute atomic E-state index is 13.2. The molecule has 9 N–H and O–H groups in total. The number of unbranched alkanes of at least 4 members (excludes halogenated alkanes) is 23. The second-order valence-corrected chi connectivity index (χ2v) is 20.0. The van der Waals surface area contributed by atoms with Gasteiger partial charge in [0.2, 0.25) is 5.91 Å². The Hall–Kier alpha value is -2.31. The van der Waals surface area contributed by atoms with Crippen LogP contribution in [-0.2, 0) is 23.7 Å². The first kappa shape index (κ1) is 65.8. The average Bonchev–Trinajstić information content (AvgIpc) is 3.38. The molecule has 2 fully saturated rings. The molecular weight excluding hydrogens is 919 g/mol. The van der Waals surface area contributed by atoms with Crippen LogP contribution in [0.1, 0.15) is 206 Å². The topological polar surface area (TPSA) is 228 Å². The van der Waals surface area contributed by atoms with E-state index in [4.69, 9.17) is 18.9 Å². The van der Waals surface area contributed by atoms with Gasteiger partial charge in [-0.3, -0.25) is 4.79 Å². The minimum absolute atomic E-state index is 0.260. The predicted molar refractivity (Wildman–Crippen MR) is 286 cm³/mol. The van der Waals surface area contributed by atoms with E-state index in [0.717, 1.165) is 57.8 Å². The number of carbonyl (C=O) groups is 1. The molecular formula is C58H103NO13. The molecule has 2 saturated heterocycles. The van der Waals surface area contributed by atoms with Crippen molar-refractivity contribution in [3.63, 3.8) is 0 Å². The van der Waals surface area contributed by atoms with Crippen LogP contribution in [0.25, 0.3) is 0 Å². The van der Waals surface area contributed by atoms with E-state index in [1.165, 1.54) is 116 Å². The SMILES string of the molecule is CCCCCCC/C=C\C/C=C\CCCCCCCCCCCC(=O)NC(COC1OC(CO)C(OC2OC(CO)C(O)C(O)C2O)C(O)C1O)C(O)/C=C/CC/C=C/CC/C=C/CCCCCCCCC. The van der Waals surface area contributed by atoms with Crippen molar-refractivity contribution < 1.29 is 64.6 Å². The van der Waals surface area contributed by atoms with Gasteiger partial charge in [0.15, 0.2) is 12.6 Å². The van der Waals surface area contributed by atoms with Gasteiger partial charge < -0.3 is 65.1 Å². The molecule has 0 aliphatic carbocycles. The molecule has 12 unspecified atom stereocenters. The van der Waals surface area contributed by atoms with Gasteiger partial charge in [0.1, 0.15) is 48.8 Å². The first-order valence-electron chi connectivity index (χ1n) is 28.5. The summed E-state index contributed by atoms with van der Waals surface area (Å²) >= 11 is 0. The van der Waals surface area contributed by atoms with E-state index in [2.05, 4.69) is 67.8 Å². The van der Waals surface area contributed by atoms with Crippen LogP contribution in [0.4, 0.5) is 0 Å². The molecule has 2 aliphatic rings. The largest absolute Gasteiger partial charge is 0.394 e. The van der Waals surface area contributed by atoms with Gasteiger partial charge in [-0.1, -0.05) is 184 Å². The molecule has 1 amide bonds. The Balaban J connectivity index is 1.82. The van der Waals surface area contributed by atoms with Gasteiger partial charge in [0.05, 0.1) is 32.0 Å². The highest BCUT2D eigenvalue weighted by molar-refractivity contribution is 5.76. The molecule has 0 spiro atoms. The average molecular weight is 1020 g/mol. The number of hydrogen-bond acceptors (Lipinski definition) is 13. The molecule has 2 aliphatic heterocycles.